The molecule has 1 spiro atoms. The van der Waals surface area contributed by atoms with E-state index in [1.54, 1.807) is 0 Å². The van der Waals surface area contributed by atoms with Crippen LogP contribution in [0.5, 0.6) is 0 Å². The first-order valence-electron chi connectivity index (χ1n) is 8.57. The molecule has 0 amide bonds. The normalized spacial score (nSPS) is 24.6. The van der Waals surface area contributed by atoms with Gasteiger partial charge in [0.25, 0.3) is 6.43 Å². The number of hydrogen-bond donors (Lipinski definition) is 1. The molecule has 0 aromatic carbocycles. The van der Waals surface area contributed by atoms with E-state index < -0.39 is 18.3 Å². The second-order valence-electron chi connectivity index (χ2n) is 7.09. The minimum absolute atomic E-state index is 0.0683. The van der Waals surface area contributed by atoms with Gasteiger partial charge in [-0.2, -0.15) is 0 Å². The van der Waals surface area contributed by atoms with Crippen molar-refractivity contribution in [3.63, 3.8) is 0 Å². The van der Waals surface area contributed by atoms with Crippen LogP contribution in [0, 0.1) is 5.92 Å². The highest BCUT2D eigenvalue weighted by atomic mass is 19.3. The van der Waals surface area contributed by atoms with Gasteiger partial charge in [0, 0.05) is 25.7 Å². The molecule has 1 unspecified atom stereocenters. The molecule has 2 heterocycles. The maximum atomic E-state index is 13.3. The Balaban J connectivity index is 1.87. The number of carboxylic acid groups (broad SMARTS) is 1. The average molecular weight is 342 g/mol. The predicted octanol–water partition coefficient (Wildman–Crippen LogP) is 2.75. The van der Waals surface area contributed by atoms with E-state index in [1.807, 2.05) is 0 Å². The van der Waals surface area contributed by atoms with E-state index in [-0.39, 0.29) is 23.5 Å². The van der Waals surface area contributed by atoms with E-state index in [0.717, 1.165) is 36.8 Å². The zero-order valence-corrected chi connectivity index (χ0v) is 13.9. The Hall–Kier alpha value is -1.57. The Morgan fingerprint density at radius 3 is 2.67 bits per heavy atom. The highest BCUT2D eigenvalue weighted by Gasteiger charge is 2.44. The van der Waals surface area contributed by atoms with Crippen molar-refractivity contribution in [2.24, 2.45) is 13.0 Å². The first-order valence-corrected chi connectivity index (χ1v) is 8.57. The standard InChI is InChI=1S/C16H24F2N4O2/c1-21-13(14(17)18)12(19-20-21)10-22-9-11(15(23)24)5-8-16(22)6-3-2-4-7-16/h11,14H,2-10H2,1H3,(H,23,24). The number of carbonyl (C=O) groups is 1. The molecule has 2 aliphatic rings. The third kappa shape index (κ3) is 3.16. The number of nitrogens with zero attached hydrogens (tertiary/aromatic N) is 4. The molecule has 1 aromatic rings. The molecule has 2 fully saturated rings. The van der Waals surface area contributed by atoms with Crippen molar-refractivity contribution in [1.82, 2.24) is 19.9 Å². The van der Waals surface area contributed by atoms with E-state index in [2.05, 4.69) is 15.2 Å². The van der Waals surface area contributed by atoms with Crippen molar-refractivity contribution < 1.29 is 18.7 Å². The fraction of sp³-hybridized carbons (Fsp3) is 0.812. The topological polar surface area (TPSA) is 71.2 Å². The number of likely N-dealkylation sites (tertiary alicyclic amines) is 1. The Morgan fingerprint density at radius 1 is 1.33 bits per heavy atom. The second kappa shape index (κ2) is 6.74. The van der Waals surface area contributed by atoms with Gasteiger partial charge in [-0.15, -0.1) is 5.10 Å². The average Bonchev–Trinajstić information content (AvgIpc) is 2.91. The predicted molar refractivity (Wildman–Crippen MR) is 82.5 cm³/mol. The lowest BCUT2D eigenvalue weighted by molar-refractivity contribution is -0.146. The molecule has 1 saturated carbocycles. The van der Waals surface area contributed by atoms with Crippen molar-refractivity contribution >= 4 is 5.97 Å². The minimum atomic E-state index is -2.64. The summed E-state index contributed by atoms with van der Waals surface area (Å²) in [5.41, 5.74) is 0.0306. The van der Waals surface area contributed by atoms with E-state index in [0.29, 0.717) is 13.0 Å². The van der Waals surface area contributed by atoms with Crippen molar-refractivity contribution in [1.29, 1.82) is 0 Å². The number of carboxylic acids is 1. The van der Waals surface area contributed by atoms with E-state index in [4.69, 9.17) is 0 Å². The maximum absolute atomic E-state index is 13.3. The summed E-state index contributed by atoms with van der Waals surface area (Å²) in [6.07, 6.45) is 4.25. The summed E-state index contributed by atoms with van der Waals surface area (Å²) in [5.74, 6) is -1.25. The summed E-state index contributed by atoms with van der Waals surface area (Å²) in [4.78, 5) is 13.5. The molecule has 1 aromatic heterocycles. The van der Waals surface area contributed by atoms with Gasteiger partial charge in [0.15, 0.2) is 0 Å². The number of aromatic nitrogens is 3. The van der Waals surface area contributed by atoms with Crippen LogP contribution in [0.1, 0.15) is 62.8 Å². The molecule has 6 nitrogen and oxygen atoms in total. The highest BCUT2D eigenvalue weighted by Crippen LogP contribution is 2.43. The number of alkyl halides is 2. The van der Waals surface area contributed by atoms with Gasteiger partial charge in [-0.3, -0.25) is 9.69 Å². The number of aryl methyl sites for hydroxylation is 1. The Kier molecular flexibility index (Phi) is 4.85. The van der Waals surface area contributed by atoms with Gasteiger partial charge in [-0.05, 0) is 25.7 Å². The van der Waals surface area contributed by atoms with Crippen LogP contribution in [0.4, 0.5) is 8.78 Å². The van der Waals surface area contributed by atoms with Gasteiger partial charge >= 0.3 is 5.97 Å². The summed E-state index contributed by atoms with van der Waals surface area (Å²) in [6, 6.07) is 0. The number of aliphatic carboxylic acids is 1. The number of hydrogen-bond acceptors (Lipinski definition) is 4. The molecule has 8 heteroatoms. The first kappa shape index (κ1) is 17.3. The third-order valence-corrected chi connectivity index (χ3v) is 5.69. The van der Waals surface area contributed by atoms with Gasteiger partial charge in [-0.25, -0.2) is 13.5 Å². The smallest absolute Gasteiger partial charge is 0.307 e. The van der Waals surface area contributed by atoms with E-state index >= 15 is 0 Å². The Labute approximate surface area is 139 Å². The number of rotatable bonds is 4. The van der Waals surface area contributed by atoms with Crippen LogP contribution in [0.3, 0.4) is 0 Å². The van der Waals surface area contributed by atoms with Crippen LogP contribution in [0.25, 0.3) is 0 Å². The molecular formula is C16H24F2N4O2. The molecule has 1 aliphatic carbocycles. The van der Waals surface area contributed by atoms with Crippen LogP contribution in [0.2, 0.25) is 0 Å². The minimum Gasteiger partial charge on any atom is -0.481 e. The van der Waals surface area contributed by atoms with Crippen LogP contribution < -0.4 is 0 Å². The second-order valence-corrected chi connectivity index (χ2v) is 7.09. The molecule has 1 saturated heterocycles. The zero-order valence-electron chi connectivity index (χ0n) is 13.9. The van der Waals surface area contributed by atoms with Crippen molar-refractivity contribution in [2.45, 2.75) is 63.5 Å². The maximum Gasteiger partial charge on any atom is 0.307 e. The van der Waals surface area contributed by atoms with Gasteiger partial charge in [0.2, 0.25) is 0 Å². The fourth-order valence-electron chi connectivity index (χ4n) is 4.33. The summed E-state index contributed by atoms with van der Waals surface area (Å²) >= 11 is 0. The van der Waals surface area contributed by atoms with Crippen LogP contribution in [-0.4, -0.2) is 43.1 Å². The summed E-state index contributed by atoms with van der Waals surface area (Å²) < 4.78 is 27.7. The molecule has 134 valence electrons. The Morgan fingerprint density at radius 2 is 2.04 bits per heavy atom. The molecule has 0 bridgehead atoms. The molecule has 0 radical (unpaired) electrons. The summed E-state index contributed by atoms with van der Waals surface area (Å²) in [7, 11) is 1.46. The lowest BCUT2D eigenvalue weighted by atomic mass is 9.72. The van der Waals surface area contributed by atoms with Gasteiger partial charge in [0.05, 0.1) is 5.92 Å². The lowest BCUT2D eigenvalue weighted by Crippen LogP contribution is -2.55. The molecule has 1 N–H and O–H groups in total. The quantitative estimate of drug-likeness (QED) is 0.911. The summed E-state index contributed by atoms with van der Waals surface area (Å²) in [5, 5.41) is 17.0. The van der Waals surface area contributed by atoms with E-state index in [1.165, 1.54) is 13.5 Å². The van der Waals surface area contributed by atoms with Crippen molar-refractivity contribution in [3.05, 3.63) is 11.4 Å². The molecule has 24 heavy (non-hydrogen) atoms. The van der Waals surface area contributed by atoms with Gasteiger partial charge in [-0.1, -0.05) is 24.5 Å². The van der Waals surface area contributed by atoms with Gasteiger partial charge in [0.1, 0.15) is 11.4 Å². The lowest BCUT2D eigenvalue weighted by Gasteiger charge is -2.51. The van der Waals surface area contributed by atoms with Crippen LogP contribution in [-0.2, 0) is 18.4 Å². The van der Waals surface area contributed by atoms with Crippen molar-refractivity contribution in [3.8, 4) is 0 Å². The largest absolute Gasteiger partial charge is 0.481 e. The van der Waals surface area contributed by atoms with Crippen molar-refractivity contribution in [2.75, 3.05) is 6.54 Å². The molecule has 1 aliphatic heterocycles. The fourth-order valence-corrected chi connectivity index (χ4v) is 4.33. The molecule has 3 rings (SSSR count). The highest BCUT2D eigenvalue weighted by molar-refractivity contribution is 5.70. The molecule has 1 atom stereocenters. The van der Waals surface area contributed by atoms with Crippen LogP contribution in [0.15, 0.2) is 0 Å². The first-order chi connectivity index (χ1) is 11.4. The van der Waals surface area contributed by atoms with Crippen LogP contribution >= 0.6 is 0 Å². The SMILES string of the molecule is Cn1nnc(CN2CC(C(=O)O)CCC23CCCCC3)c1C(F)F. The third-order valence-electron chi connectivity index (χ3n) is 5.69. The number of halogens is 2. The van der Waals surface area contributed by atoms with Gasteiger partial charge < -0.3 is 5.11 Å². The summed E-state index contributed by atoms with van der Waals surface area (Å²) in [6.45, 7) is 0.645. The Bertz CT molecular complexity index is 599. The number of piperidine rings is 1. The monoisotopic (exact) mass is 342 g/mol. The molecular weight excluding hydrogens is 318 g/mol. The zero-order chi connectivity index (χ0) is 17.3. The van der Waals surface area contributed by atoms with E-state index in [9.17, 15) is 18.7 Å².